The zero-order valence-electron chi connectivity index (χ0n) is 42.8. The summed E-state index contributed by atoms with van der Waals surface area (Å²) in [5, 5.41) is 25.9. The number of aliphatic hydroxyl groups excluding tert-OH is 1. The zero-order chi connectivity index (χ0) is 51.9. The number of ether oxygens (including phenoxy) is 2. The number of nitrogens with zero attached hydrogens (tertiary/aromatic N) is 4. The molecule has 0 radical (unpaired) electrons. The quantitative estimate of drug-likeness (QED) is 0.0691. The standard InChI is InChI=1S/C50H80N6O12S/c1-13-31(6)43(35(67-10)27-38(58)55-26-20-23-34(55)45(68-11)32(7)46(61)52-41(50(65)66)44(60)33-21-16-14-17-22-33)54(9)49(64)40(29(2)3)51-47(62)42(30(4)5)53(8)37(57)24-18-15-19-25-56-39(59)28-36(69-12)48(56)63/h14,16-17,21-22,29-32,34-36,40-45,60H,13,15,18-20,23-28H2,1-12H3,(H,51,62)(H,52,61)(H,65,66)/t31-,32+,34-,35+,36?,40-,41-,42-,43-,44?,45+/m0/s1. The van der Waals surface area contributed by atoms with Crippen LogP contribution in [0.1, 0.15) is 118 Å². The second kappa shape index (κ2) is 27.7. The highest BCUT2D eigenvalue weighted by atomic mass is 32.2. The largest absolute Gasteiger partial charge is 0.480 e. The number of amides is 7. The predicted octanol–water partition coefficient (Wildman–Crippen LogP) is 3.88. The Balaban J connectivity index is 1.71. The molecule has 1 aromatic rings. The number of carboxylic acid groups (broad SMARTS) is 1. The molecule has 1 aromatic carbocycles. The van der Waals surface area contributed by atoms with E-state index in [9.17, 15) is 48.6 Å². The van der Waals surface area contributed by atoms with Gasteiger partial charge in [-0.2, -0.15) is 11.8 Å². The Morgan fingerprint density at radius 2 is 1.51 bits per heavy atom. The van der Waals surface area contributed by atoms with Gasteiger partial charge in [-0.1, -0.05) is 91.6 Å². The van der Waals surface area contributed by atoms with Crippen LogP contribution < -0.4 is 10.6 Å². The number of carboxylic acids is 1. The summed E-state index contributed by atoms with van der Waals surface area (Å²) in [6.45, 7) is 13.5. The van der Waals surface area contributed by atoms with E-state index >= 15 is 0 Å². The number of likely N-dealkylation sites (N-methyl/N-ethyl adjacent to an activating group) is 2. The molecule has 0 bridgehead atoms. The number of methoxy groups -OCH3 is 2. The summed E-state index contributed by atoms with van der Waals surface area (Å²) >= 11 is 1.37. The Bertz CT molecular complexity index is 1910. The van der Waals surface area contributed by atoms with Gasteiger partial charge < -0.3 is 45.0 Å². The van der Waals surface area contributed by atoms with E-state index in [1.54, 1.807) is 61.2 Å². The van der Waals surface area contributed by atoms with Crippen LogP contribution in [0.25, 0.3) is 0 Å². The molecule has 2 aliphatic heterocycles. The summed E-state index contributed by atoms with van der Waals surface area (Å²) in [5.41, 5.74) is 0.324. The van der Waals surface area contributed by atoms with Crippen molar-refractivity contribution in [1.29, 1.82) is 0 Å². The Hall–Kier alpha value is -4.59. The molecule has 388 valence electrons. The van der Waals surface area contributed by atoms with Crippen LogP contribution in [0.5, 0.6) is 0 Å². The fourth-order valence-corrected chi connectivity index (χ4v) is 10.4. The Morgan fingerprint density at radius 1 is 0.870 bits per heavy atom. The van der Waals surface area contributed by atoms with E-state index in [0.717, 1.165) is 0 Å². The van der Waals surface area contributed by atoms with E-state index < -0.39 is 72.2 Å². The van der Waals surface area contributed by atoms with Crippen LogP contribution in [0, 0.1) is 23.7 Å². The summed E-state index contributed by atoms with van der Waals surface area (Å²) < 4.78 is 11.9. The van der Waals surface area contributed by atoms with Crippen LogP contribution in [0.4, 0.5) is 0 Å². The van der Waals surface area contributed by atoms with Gasteiger partial charge in [-0.15, -0.1) is 0 Å². The topological polar surface area (TPSA) is 232 Å². The highest BCUT2D eigenvalue weighted by molar-refractivity contribution is 8.00. The summed E-state index contributed by atoms with van der Waals surface area (Å²) in [4.78, 5) is 113. The molecule has 0 spiro atoms. The minimum Gasteiger partial charge on any atom is -0.480 e. The first kappa shape index (κ1) is 58.7. The molecule has 0 saturated carbocycles. The van der Waals surface area contributed by atoms with Crippen LogP contribution in [-0.4, -0.2) is 172 Å². The smallest absolute Gasteiger partial charge is 0.329 e. The van der Waals surface area contributed by atoms with Crippen LogP contribution in [0.2, 0.25) is 0 Å². The molecule has 2 heterocycles. The number of unbranched alkanes of at least 4 members (excludes halogenated alkanes) is 2. The van der Waals surface area contributed by atoms with Crippen molar-refractivity contribution in [2.45, 2.75) is 160 Å². The third-order valence-electron chi connectivity index (χ3n) is 14.0. The fraction of sp³-hybridized carbons (Fsp3) is 0.720. The lowest BCUT2D eigenvalue weighted by molar-refractivity contribution is -0.149. The van der Waals surface area contributed by atoms with Gasteiger partial charge in [0.05, 0.1) is 41.9 Å². The van der Waals surface area contributed by atoms with E-state index in [0.29, 0.717) is 57.2 Å². The number of benzene rings is 1. The predicted molar refractivity (Wildman–Crippen MR) is 262 cm³/mol. The molecule has 19 heteroatoms. The number of nitrogens with one attached hydrogen (secondary N) is 2. The van der Waals surface area contributed by atoms with Gasteiger partial charge in [0.1, 0.15) is 18.2 Å². The van der Waals surface area contributed by atoms with Crippen molar-refractivity contribution in [3.05, 3.63) is 35.9 Å². The third-order valence-corrected chi connectivity index (χ3v) is 14.9. The van der Waals surface area contributed by atoms with Crippen molar-refractivity contribution < 1.29 is 58.0 Å². The van der Waals surface area contributed by atoms with E-state index in [1.807, 2.05) is 47.8 Å². The average molecular weight is 989 g/mol. The fourth-order valence-electron chi connectivity index (χ4n) is 9.73. The maximum Gasteiger partial charge on any atom is 0.329 e. The minimum absolute atomic E-state index is 0.116. The average Bonchev–Trinajstić information content (AvgIpc) is 3.91. The first-order chi connectivity index (χ1) is 32.6. The zero-order valence-corrected chi connectivity index (χ0v) is 43.7. The lowest BCUT2D eigenvalue weighted by atomic mass is 9.89. The monoisotopic (exact) mass is 989 g/mol. The molecule has 0 aromatic heterocycles. The number of thioether (sulfide) groups is 1. The molecular weight excluding hydrogens is 909 g/mol. The molecule has 18 nitrogen and oxygen atoms in total. The van der Waals surface area contributed by atoms with Gasteiger partial charge in [-0.05, 0) is 55.3 Å². The van der Waals surface area contributed by atoms with Crippen molar-refractivity contribution in [3.63, 3.8) is 0 Å². The van der Waals surface area contributed by atoms with Crippen LogP contribution >= 0.6 is 11.8 Å². The van der Waals surface area contributed by atoms with Crippen molar-refractivity contribution in [2.24, 2.45) is 23.7 Å². The minimum atomic E-state index is -1.64. The van der Waals surface area contributed by atoms with E-state index in [4.69, 9.17) is 9.47 Å². The van der Waals surface area contributed by atoms with Crippen molar-refractivity contribution in [2.75, 3.05) is 47.7 Å². The van der Waals surface area contributed by atoms with E-state index in [1.165, 1.54) is 35.8 Å². The van der Waals surface area contributed by atoms with Crippen molar-refractivity contribution in [1.82, 2.24) is 30.2 Å². The van der Waals surface area contributed by atoms with Gasteiger partial charge in [-0.3, -0.25) is 38.5 Å². The number of hydrogen-bond acceptors (Lipinski definition) is 12. The molecule has 2 aliphatic rings. The Morgan fingerprint density at radius 3 is 2.04 bits per heavy atom. The first-order valence-electron chi connectivity index (χ1n) is 24.4. The number of imide groups is 1. The van der Waals surface area contributed by atoms with Crippen LogP contribution in [0.3, 0.4) is 0 Å². The SMILES string of the molecule is CC[C@H](C)[C@@H]([C@@H](CC(=O)N1CCC[C@H]1[C@H](OC)[C@@H](C)C(=O)N[C@H](C(=O)O)C(O)c1ccccc1)OC)N(C)C(=O)[C@@H](NC(=O)[C@H](C(C)C)N(C)C(=O)CCCCCN1C(=O)CC(SC)C1=O)C(C)C. The van der Waals surface area contributed by atoms with Gasteiger partial charge in [0.25, 0.3) is 0 Å². The number of carbonyl (C=O) groups is 8. The summed E-state index contributed by atoms with van der Waals surface area (Å²) in [5.74, 6) is -5.54. The molecule has 7 amide bonds. The van der Waals surface area contributed by atoms with Gasteiger partial charge in [0.2, 0.25) is 41.4 Å². The molecule has 2 fully saturated rings. The molecule has 4 N–H and O–H groups in total. The Kier molecular flexibility index (Phi) is 23.6. The number of hydrogen-bond donors (Lipinski definition) is 4. The molecule has 0 aliphatic carbocycles. The maximum absolute atomic E-state index is 14.6. The lowest BCUT2D eigenvalue weighted by Gasteiger charge is -2.41. The highest BCUT2D eigenvalue weighted by Crippen LogP contribution is 2.31. The van der Waals surface area contributed by atoms with E-state index in [-0.39, 0.29) is 71.8 Å². The number of likely N-dealkylation sites (tertiary alicyclic amines) is 2. The maximum atomic E-state index is 14.6. The second-order valence-electron chi connectivity index (χ2n) is 19.3. The third kappa shape index (κ3) is 15.2. The number of aliphatic carboxylic acids is 1. The number of aliphatic hydroxyl groups is 1. The normalized spacial score (nSPS) is 20.2. The lowest BCUT2D eigenvalue weighted by Crippen LogP contribution is -2.60. The van der Waals surface area contributed by atoms with Crippen molar-refractivity contribution in [3.8, 4) is 0 Å². The molecule has 2 unspecified atom stereocenters. The van der Waals surface area contributed by atoms with E-state index in [2.05, 4.69) is 10.6 Å². The molecule has 2 saturated heterocycles. The van der Waals surface area contributed by atoms with Crippen LogP contribution in [0.15, 0.2) is 30.3 Å². The molecule has 69 heavy (non-hydrogen) atoms. The summed E-state index contributed by atoms with van der Waals surface area (Å²) in [6.07, 6.45) is 2.41. The molecule has 3 rings (SSSR count). The molecular formula is C50H80N6O12S. The number of carbonyl (C=O) groups excluding carboxylic acids is 7. The van der Waals surface area contributed by atoms with Gasteiger partial charge in [0.15, 0.2) is 6.04 Å². The summed E-state index contributed by atoms with van der Waals surface area (Å²) in [7, 11) is 6.14. The Labute approximate surface area is 413 Å². The summed E-state index contributed by atoms with van der Waals surface area (Å²) in [6, 6.07) is 3.51. The van der Waals surface area contributed by atoms with Gasteiger partial charge in [0, 0.05) is 54.2 Å². The highest BCUT2D eigenvalue weighted by Gasteiger charge is 2.44. The van der Waals surface area contributed by atoms with Gasteiger partial charge >= 0.3 is 5.97 Å². The molecule has 11 atom stereocenters. The van der Waals surface area contributed by atoms with Crippen molar-refractivity contribution >= 4 is 59.1 Å². The first-order valence-corrected chi connectivity index (χ1v) is 25.7. The van der Waals surface area contributed by atoms with Gasteiger partial charge in [-0.25, -0.2) is 4.79 Å². The second-order valence-corrected chi connectivity index (χ2v) is 20.4. The number of rotatable bonds is 28. The van der Waals surface area contributed by atoms with Crippen LogP contribution in [-0.2, 0) is 47.8 Å².